The van der Waals surface area contributed by atoms with E-state index in [-0.39, 0.29) is 11.8 Å². The third-order valence-corrected chi connectivity index (χ3v) is 4.83. The van der Waals surface area contributed by atoms with E-state index in [9.17, 15) is 4.79 Å². The minimum Gasteiger partial charge on any atom is -0.490 e. The van der Waals surface area contributed by atoms with E-state index < -0.39 is 0 Å². The lowest BCUT2D eigenvalue weighted by Crippen LogP contribution is -2.23. The maximum atomic E-state index is 12.2. The lowest BCUT2D eigenvalue weighted by molar-refractivity contribution is -0.116. The van der Waals surface area contributed by atoms with E-state index in [2.05, 4.69) is 22.1 Å². The Bertz CT molecular complexity index is 978. The summed E-state index contributed by atoms with van der Waals surface area (Å²) in [6.07, 6.45) is 2.06. The van der Waals surface area contributed by atoms with Crippen LogP contribution in [0.2, 0.25) is 5.02 Å². The van der Waals surface area contributed by atoms with Crippen LogP contribution < -0.4 is 10.1 Å². The van der Waals surface area contributed by atoms with Gasteiger partial charge < -0.3 is 10.1 Å². The number of halogens is 1. The fourth-order valence-electron chi connectivity index (χ4n) is 3.33. The molecule has 136 valence electrons. The van der Waals surface area contributed by atoms with Gasteiger partial charge in [0.25, 0.3) is 0 Å². The molecule has 0 saturated heterocycles. The summed E-state index contributed by atoms with van der Waals surface area (Å²) in [6.45, 7) is 4.11. The Balaban J connectivity index is 1.73. The number of nitrogens with one attached hydrogen (secondary N) is 2. The first-order valence-electron chi connectivity index (χ1n) is 8.63. The van der Waals surface area contributed by atoms with Gasteiger partial charge in [0.15, 0.2) is 5.82 Å². The zero-order valence-corrected chi connectivity index (χ0v) is 15.3. The third kappa shape index (κ3) is 3.46. The molecule has 0 bridgehead atoms. The summed E-state index contributed by atoms with van der Waals surface area (Å²) in [4.78, 5) is 12.2. The van der Waals surface area contributed by atoms with Gasteiger partial charge in [-0.1, -0.05) is 48.5 Å². The number of carbonyl (C=O) groups excluding carboxylic acids is 1. The first-order valence-corrected chi connectivity index (χ1v) is 9.01. The molecule has 0 unspecified atom stereocenters. The Morgan fingerprint density at radius 3 is 2.63 bits per heavy atom. The normalized spacial score (nSPS) is 15.7. The molecule has 0 fully saturated rings. The molecule has 0 radical (unpaired) electrons. The van der Waals surface area contributed by atoms with Crippen LogP contribution in [0.4, 0.5) is 5.82 Å². The van der Waals surface area contributed by atoms with Crippen molar-refractivity contribution in [2.24, 2.45) is 0 Å². The second-order valence-electron chi connectivity index (χ2n) is 6.34. The van der Waals surface area contributed by atoms with Gasteiger partial charge in [-0.15, -0.1) is 0 Å². The number of ether oxygens (including phenoxy) is 1. The minimum atomic E-state index is -0.0911. The van der Waals surface area contributed by atoms with E-state index >= 15 is 0 Å². The van der Waals surface area contributed by atoms with E-state index in [1.165, 1.54) is 0 Å². The van der Waals surface area contributed by atoms with Crippen LogP contribution in [0.1, 0.15) is 23.5 Å². The van der Waals surface area contributed by atoms with Crippen LogP contribution in [0.5, 0.6) is 5.75 Å². The van der Waals surface area contributed by atoms with Gasteiger partial charge in [0.05, 0.1) is 5.69 Å². The molecule has 1 amide bonds. The first-order chi connectivity index (χ1) is 13.2. The molecule has 1 atom stereocenters. The standard InChI is InChI=1S/C21H18ClN3O2/c1-2-11-27-16-9-5-13(6-10-16)17-12-18(26)23-21-19(17)20(24-25-21)14-3-7-15(22)8-4-14/h2-10,17H,1,11-12H2,(H2,23,24,25,26)/t17-/m1/s1. The Hall–Kier alpha value is -3.05. The van der Waals surface area contributed by atoms with Crippen LogP contribution >= 0.6 is 11.6 Å². The average molecular weight is 380 g/mol. The van der Waals surface area contributed by atoms with Gasteiger partial charge in [-0.25, -0.2) is 0 Å². The zero-order chi connectivity index (χ0) is 18.8. The summed E-state index contributed by atoms with van der Waals surface area (Å²) in [7, 11) is 0. The van der Waals surface area contributed by atoms with Gasteiger partial charge in [0.2, 0.25) is 5.91 Å². The van der Waals surface area contributed by atoms with Crippen molar-refractivity contribution in [3.63, 3.8) is 0 Å². The third-order valence-electron chi connectivity index (χ3n) is 4.58. The number of benzene rings is 2. The molecule has 1 aromatic heterocycles. The van der Waals surface area contributed by atoms with Gasteiger partial charge in [-0.05, 0) is 29.8 Å². The highest BCUT2D eigenvalue weighted by Crippen LogP contribution is 2.42. The number of amides is 1. The molecule has 1 aliphatic heterocycles. The summed E-state index contributed by atoms with van der Waals surface area (Å²) in [5, 5.41) is 10.9. The van der Waals surface area contributed by atoms with Crippen molar-refractivity contribution in [1.29, 1.82) is 0 Å². The van der Waals surface area contributed by atoms with Crippen molar-refractivity contribution in [1.82, 2.24) is 10.2 Å². The molecule has 2 N–H and O–H groups in total. The SMILES string of the molecule is C=CCOc1ccc([C@H]2CC(=O)Nc3n[nH]c(-c4ccc(Cl)cc4)c32)cc1. The lowest BCUT2D eigenvalue weighted by Gasteiger charge is -2.23. The van der Waals surface area contributed by atoms with Crippen LogP contribution in [0, 0.1) is 0 Å². The Morgan fingerprint density at radius 2 is 1.93 bits per heavy atom. The van der Waals surface area contributed by atoms with Crippen LogP contribution in [-0.4, -0.2) is 22.7 Å². The van der Waals surface area contributed by atoms with Crippen LogP contribution in [0.15, 0.2) is 61.2 Å². The quantitative estimate of drug-likeness (QED) is 0.627. The van der Waals surface area contributed by atoms with Gasteiger partial charge in [-0.2, -0.15) is 5.10 Å². The van der Waals surface area contributed by atoms with E-state index in [0.717, 1.165) is 28.1 Å². The zero-order valence-electron chi connectivity index (χ0n) is 14.5. The molecular weight excluding hydrogens is 362 g/mol. The predicted molar refractivity (Wildman–Crippen MR) is 106 cm³/mol. The molecule has 3 aromatic rings. The topological polar surface area (TPSA) is 67.0 Å². The fourth-order valence-corrected chi connectivity index (χ4v) is 3.45. The molecule has 2 heterocycles. The molecular formula is C21H18ClN3O2. The molecule has 0 spiro atoms. The summed E-state index contributed by atoms with van der Waals surface area (Å²) in [5.74, 6) is 1.21. The maximum absolute atomic E-state index is 12.2. The van der Waals surface area contributed by atoms with Crippen LogP contribution in [-0.2, 0) is 4.79 Å². The second kappa shape index (κ2) is 7.29. The number of rotatable bonds is 5. The van der Waals surface area contributed by atoms with Gasteiger partial charge in [-0.3, -0.25) is 9.89 Å². The minimum absolute atomic E-state index is 0.0476. The fraction of sp³-hybridized carbons (Fsp3) is 0.143. The van der Waals surface area contributed by atoms with Crippen molar-refractivity contribution < 1.29 is 9.53 Å². The molecule has 0 aliphatic carbocycles. The van der Waals surface area contributed by atoms with Crippen molar-refractivity contribution in [2.45, 2.75) is 12.3 Å². The monoisotopic (exact) mass is 379 g/mol. The molecule has 1 aliphatic rings. The Morgan fingerprint density at radius 1 is 1.19 bits per heavy atom. The summed E-state index contributed by atoms with van der Waals surface area (Å²) in [6, 6.07) is 15.4. The number of aromatic amines is 1. The highest BCUT2D eigenvalue weighted by Gasteiger charge is 2.32. The summed E-state index contributed by atoms with van der Waals surface area (Å²) in [5.41, 5.74) is 3.88. The molecule has 4 rings (SSSR count). The number of hydrogen-bond acceptors (Lipinski definition) is 3. The molecule has 2 aromatic carbocycles. The smallest absolute Gasteiger partial charge is 0.226 e. The Labute approximate surface area is 162 Å². The first kappa shape index (κ1) is 17.4. The van der Waals surface area contributed by atoms with E-state index in [0.29, 0.717) is 23.9 Å². The van der Waals surface area contributed by atoms with Gasteiger partial charge in [0, 0.05) is 28.5 Å². The van der Waals surface area contributed by atoms with Gasteiger partial charge >= 0.3 is 0 Å². The highest BCUT2D eigenvalue weighted by molar-refractivity contribution is 6.30. The van der Waals surface area contributed by atoms with E-state index in [1.54, 1.807) is 6.08 Å². The Kier molecular flexibility index (Phi) is 4.69. The second-order valence-corrected chi connectivity index (χ2v) is 6.78. The number of H-pyrrole nitrogens is 1. The van der Waals surface area contributed by atoms with Gasteiger partial charge in [0.1, 0.15) is 12.4 Å². The highest BCUT2D eigenvalue weighted by atomic mass is 35.5. The summed E-state index contributed by atoms with van der Waals surface area (Å²) < 4.78 is 5.55. The van der Waals surface area contributed by atoms with Crippen molar-refractivity contribution in [3.8, 4) is 17.0 Å². The van der Waals surface area contributed by atoms with Crippen molar-refractivity contribution >= 4 is 23.3 Å². The molecule has 27 heavy (non-hydrogen) atoms. The number of anilines is 1. The predicted octanol–water partition coefficient (Wildman–Crippen LogP) is 4.77. The lowest BCUT2D eigenvalue weighted by atomic mass is 9.84. The number of hydrogen-bond donors (Lipinski definition) is 2. The number of aromatic nitrogens is 2. The van der Waals surface area contributed by atoms with E-state index in [4.69, 9.17) is 16.3 Å². The van der Waals surface area contributed by atoms with Crippen molar-refractivity contribution in [2.75, 3.05) is 11.9 Å². The molecule has 0 saturated carbocycles. The largest absolute Gasteiger partial charge is 0.490 e. The van der Waals surface area contributed by atoms with Crippen molar-refractivity contribution in [3.05, 3.63) is 77.3 Å². The molecule has 6 heteroatoms. The maximum Gasteiger partial charge on any atom is 0.226 e. The number of fused-ring (bicyclic) bond motifs is 1. The number of nitrogens with zero attached hydrogens (tertiary/aromatic N) is 1. The van der Waals surface area contributed by atoms with Crippen LogP contribution in [0.25, 0.3) is 11.3 Å². The van der Waals surface area contributed by atoms with E-state index in [1.807, 2.05) is 48.5 Å². The summed E-state index contributed by atoms with van der Waals surface area (Å²) >= 11 is 6.01. The number of carbonyl (C=O) groups is 1. The van der Waals surface area contributed by atoms with Crippen LogP contribution in [0.3, 0.4) is 0 Å². The molecule has 5 nitrogen and oxygen atoms in total. The average Bonchev–Trinajstić information content (AvgIpc) is 3.10.